The molecule has 0 aromatic heterocycles. The summed E-state index contributed by atoms with van der Waals surface area (Å²) in [7, 11) is 2.97. The number of nitrogens with zero attached hydrogens (tertiary/aromatic N) is 3. The Bertz CT molecular complexity index is 1110. The van der Waals surface area contributed by atoms with Crippen LogP contribution in [-0.4, -0.2) is 59.9 Å². The number of nitro benzene ring substituents is 1. The summed E-state index contributed by atoms with van der Waals surface area (Å²) >= 11 is 6.05. The summed E-state index contributed by atoms with van der Waals surface area (Å²) in [5.41, 5.74) is 0.447. The van der Waals surface area contributed by atoms with Gasteiger partial charge in [0.25, 0.3) is 11.6 Å². The molecule has 1 aliphatic rings. The van der Waals surface area contributed by atoms with E-state index in [2.05, 4.69) is 0 Å². The second kappa shape index (κ2) is 9.48. The van der Waals surface area contributed by atoms with Crippen LogP contribution >= 0.6 is 11.6 Å². The summed E-state index contributed by atoms with van der Waals surface area (Å²) < 4.78 is 10.4. The minimum Gasteiger partial charge on any atom is -0.496 e. The van der Waals surface area contributed by atoms with Crippen molar-refractivity contribution in [3.05, 3.63) is 68.7 Å². The number of methoxy groups -OCH3 is 1. The Morgan fingerprint density at radius 3 is 2.47 bits per heavy atom. The largest absolute Gasteiger partial charge is 0.496 e. The summed E-state index contributed by atoms with van der Waals surface area (Å²) in [5.74, 6) is -0.759. The molecule has 1 saturated heterocycles. The van der Waals surface area contributed by atoms with Gasteiger partial charge in [-0.1, -0.05) is 11.6 Å². The van der Waals surface area contributed by atoms with Crippen LogP contribution in [0.3, 0.4) is 0 Å². The Morgan fingerprint density at radius 2 is 1.84 bits per heavy atom. The molecule has 0 unspecified atom stereocenters. The fourth-order valence-corrected chi connectivity index (χ4v) is 3.15. The number of nitro groups is 1. The molecule has 0 atom stereocenters. The number of benzene rings is 2. The molecule has 2 aromatic carbocycles. The Kier molecular flexibility index (Phi) is 6.74. The highest BCUT2D eigenvalue weighted by Gasteiger charge is 2.34. The fourth-order valence-electron chi connectivity index (χ4n) is 2.96. The van der Waals surface area contributed by atoms with Gasteiger partial charge >= 0.3 is 6.09 Å². The first-order valence-electron chi connectivity index (χ1n) is 9.26. The molecule has 0 bridgehead atoms. The van der Waals surface area contributed by atoms with Crippen LogP contribution in [-0.2, 0) is 9.59 Å². The zero-order valence-electron chi connectivity index (χ0n) is 17.1. The number of imide groups is 1. The van der Waals surface area contributed by atoms with Gasteiger partial charge in [0.15, 0.2) is 0 Å². The SMILES string of the molecule is COc1ccc(Cl)cc1/C=C1\CN(C)C(=O)CN(C(=O)Oc2ccc([N+](=O)[O-])cc2)C1=O. The summed E-state index contributed by atoms with van der Waals surface area (Å²) in [5, 5.41) is 11.2. The zero-order chi connectivity index (χ0) is 23.4. The number of amides is 3. The molecule has 0 radical (unpaired) electrons. The lowest BCUT2D eigenvalue weighted by Crippen LogP contribution is -2.42. The quantitative estimate of drug-likeness (QED) is 0.391. The van der Waals surface area contributed by atoms with E-state index >= 15 is 0 Å². The number of hydrogen-bond acceptors (Lipinski definition) is 7. The average molecular weight is 460 g/mol. The minimum atomic E-state index is -1.09. The van der Waals surface area contributed by atoms with E-state index < -0.39 is 29.4 Å². The second-order valence-corrected chi connectivity index (χ2v) is 7.25. The van der Waals surface area contributed by atoms with Crippen molar-refractivity contribution in [1.29, 1.82) is 0 Å². The van der Waals surface area contributed by atoms with Crippen LogP contribution < -0.4 is 9.47 Å². The van der Waals surface area contributed by atoms with Crippen molar-refractivity contribution < 1.29 is 28.8 Å². The fraction of sp³-hybridized carbons (Fsp3) is 0.190. The lowest BCUT2D eigenvalue weighted by molar-refractivity contribution is -0.384. The number of carbonyl (C=O) groups excluding carboxylic acids is 3. The van der Waals surface area contributed by atoms with Gasteiger partial charge in [0.05, 0.1) is 18.6 Å². The van der Waals surface area contributed by atoms with Crippen molar-refractivity contribution in [3.8, 4) is 11.5 Å². The summed E-state index contributed by atoms with van der Waals surface area (Å²) in [6.07, 6.45) is 0.408. The molecule has 32 heavy (non-hydrogen) atoms. The predicted molar refractivity (Wildman–Crippen MR) is 114 cm³/mol. The van der Waals surface area contributed by atoms with Gasteiger partial charge in [-0.2, -0.15) is 0 Å². The van der Waals surface area contributed by atoms with Crippen molar-refractivity contribution in [1.82, 2.24) is 9.80 Å². The zero-order valence-corrected chi connectivity index (χ0v) is 17.9. The summed E-state index contributed by atoms with van der Waals surface area (Å²) in [6.45, 7) is -0.570. The van der Waals surface area contributed by atoms with Crippen LogP contribution in [0.15, 0.2) is 48.0 Å². The van der Waals surface area contributed by atoms with Crippen molar-refractivity contribution in [2.75, 3.05) is 27.2 Å². The Balaban J connectivity index is 1.91. The third-order valence-corrected chi connectivity index (χ3v) is 4.88. The number of hydrogen-bond donors (Lipinski definition) is 0. The molecule has 0 spiro atoms. The number of ether oxygens (including phenoxy) is 2. The third-order valence-electron chi connectivity index (χ3n) is 4.64. The van der Waals surface area contributed by atoms with E-state index in [1.807, 2.05) is 0 Å². The maximum atomic E-state index is 13.1. The topological polar surface area (TPSA) is 119 Å². The first-order valence-corrected chi connectivity index (χ1v) is 9.63. The van der Waals surface area contributed by atoms with Crippen LogP contribution in [0, 0.1) is 10.1 Å². The van der Waals surface area contributed by atoms with Crippen molar-refractivity contribution in [2.45, 2.75) is 0 Å². The van der Waals surface area contributed by atoms with Crippen molar-refractivity contribution in [2.24, 2.45) is 0 Å². The van der Waals surface area contributed by atoms with Gasteiger partial charge in [-0.05, 0) is 36.4 Å². The Hall–Kier alpha value is -3.92. The predicted octanol–water partition coefficient (Wildman–Crippen LogP) is 3.14. The smallest absolute Gasteiger partial charge is 0.422 e. The molecule has 3 amide bonds. The van der Waals surface area contributed by atoms with E-state index in [0.717, 1.165) is 12.1 Å². The number of non-ortho nitro benzene ring substituents is 1. The normalized spacial score (nSPS) is 15.5. The highest BCUT2D eigenvalue weighted by molar-refractivity contribution is 6.30. The van der Waals surface area contributed by atoms with E-state index in [-0.39, 0.29) is 23.6 Å². The number of rotatable bonds is 4. The van der Waals surface area contributed by atoms with Gasteiger partial charge in [-0.25, -0.2) is 9.69 Å². The molecule has 166 valence electrons. The molecule has 0 aliphatic carbocycles. The van der Waals surface area contributed by atoms with Crippen LogP contribution in [0.1, 0.15) is 5.56 Å². The molecule has 11 heteroatoms. The third kappa shape index (κ3) is 5.03. The molecule has 0 saturated carbocycles. The lowest BCUT2D eigenvalue weighted by Gasteiger charge is -2.17. The first kappa shape index (κ1) is 22.8. The molecule has 0 N–H and O–H groups in total. The van der Waals surface area contributed by atoms with Crippen LogP contribution in [0.4, 0.5) is 10.5 Å². The number of halogens is 1. The van der Waals surface area contributed by atoms with E-state index in [0.29, 0.717) is 21.2 Å². The monoisotopic (exact) mass is 459 g/mol. The van der Waals surface area contributed by atoms with Crippen LogP contribution in [0.5, 0.6) is 11.5 Å². The van der Waals surface area contributed by atoms with E-state index in [1.165, 1.54) is 37.3 Å². The van der Waals surface area contributed by atoms with E-state index in [1.54, 1.807) is 18.2 Å². The molecule has 10 nitrogen and oxygen atoms in total. The van der Waals surface area contributed by atoms with Crippen LogP contribution in [0.25, 0.3) is 6.08 Å². The minimum absolute atomic E-state index is 0.0134. The second-order valence-electron chi connectivity index (χ2n) is 6.82. The average Bonchev–Trinajstić information content (AvgIpc) is 2.86. The highest BCUT2D eigenvalue weighted by atomic mass is 35.5. The standard InChI is InChI=1S/C21H18ClN3O7/c1-23-11-14(9-13-10-15(22)3-8-18(13)31-2)20(27)24(12-19(23)26)21(28)32-17-6-4-16(5-7-17)25(29)30/h3-10H,11-12H2,1-2H3/b14-9+. The van der Waals surface area contributed by atoms with Gasteiger partial charge in [-0.15, -0.1) is 0 Å². The van der Waals surface area contributed by atoms with Gasteiger partial charge in [0.1, 0.15) is 18.0 Å². The van der Waals surface area contributed by atoms with Gasteiger partial charge in [-0.3, -0.25) is 19.7 Å². The highest BCUT2D eigenvalue weighted by Crippen LogP contribution is 2.26. The van der Waals surface area contributed by atoms with Gasteiger partial charge in [0.2, 0.25) is 5.91 Å². The molecular weight excluding hydrogens is 442 g/mol. The molecule has 2 aromatic rings. The molecule has 1 aliphatic heterocycles. The number of carbonyl (C=O) groups is 3. The maximum Gasteiger partial charge on any atom is 0.422 e. The van der Waals surface area contributed by atoms with E-state index in [4.69, 9.17) is 21.1 Å². The number of likely N-dealkylation sites (N-methyl/N-ethyl adjacent to an activating group) is 1. The van der Waals surface area contributed by atoms with Crippen molar-refractivity contribution in [3.63, 3.8) is 0 Å². The van der Waals surface area contributed by atoms with E-state index in [9.17, 15) is 24.5 Å². The Morgan fingerprint density at radius 1 is 1.16 bits per heavy atom. The Labute approximate surface area is 187 Å². The van der Waals surface area contributed by atoms with Gasteiger partial charge in [0, 0.05) is 35.3 Å². The van der Waals surface area contributed by atoms with Gasteiger partial charge < -0.3 is 14.4 Å². The van der Waals surface area contributed by atoms with Crippen molar-refractivity contribution >= 4 is 41.3 Å². The molecule has 1 heterocycles. The summed E-state index contributed by atoms with van der Waals surface area (Å²) in [6, 6.07) is 9.60. The maximum absolute atomic E-state index is 13.1. The molecule has 3 rings (SSSR count). The van der Waals surface area contributed by atoms with Crippen LogP contribution in [0.2, 0.25) is 5.02 Å². The molecular formula is C21H18ClN3O7. The molecule has 1 fully saturated rings. The first-order chi connectivity index (χ1) is 15.2. The summed E-state index contributed by atoms with van der Waals surface area (Å²) in [4.78, 5) is 50.3. The lowest BCUT2D eigenvalue weighted by atomic mass is 10.1.